The summed E-state index contributed by atoms with van der Waals surface area (Å²) in [4.78, 5) is 11.9. The molecule has 94 valence electrons. The van der Waals surface area contributed by atoms with E-state index in [1.54, 1.807) is 20.8 Å². The zero-order valence-electron chi connectivity index (χ0n) is 11.2. The number of benzene rings is 1. The maximum atomic E-state index is 11.9. The Balaban J connectivity index is 2.85. The monoisotopic (exact) mass is 242 g/mol. The number of nitrogens with one attached hydrogen (secondary N) is 1. The fourth-order valence-electron chi connectivity index (χ4n) is 1.36. The lowest BCUT2D eigenvalue weighted by molar-refractivity contribution is -0.122. The second-order valence-corrected chi connectivity index (χ2v) is 5.26. The molecule has 0 aliphatic carbocycles. The molecule has 1 N–H and O–H groups in total. The Labute approximate surface area is 108 Å². The fraction of sp³-hybridized carbons (Fsp3) is 0.333. The highest BCUT2D eigenvalue weighted by Gasteiger charge is 2.24. The molecule has 0 aliphatic rings. The van der Waals surface area contributed by atoms with Crippen LogP contribution in [0.5, 0.6) is 0 Å². The second kappa shape index (κ2) is 5.50. The Morgan fingerprint density at radius 2 is 1.83 bits per heavy atom. The molecule has 18 heavy (non-hydrogen) atoms. The van der Waals surface area contributed by atoms with Crippen LogP contribution in [-0.2, 0) is 4.79 Å². The van der Waals surface area contributed by atoms with Gasteiger partial charge in [-0.3, -0.25) is 4.79 Å². The van der Waals surface area contributed by atoms with Gasteiger partial charge < -0.3 is 5.32 Å². The lowest BCUT2D eigenvalue weighted by atomic mass is 9.87. The quantitative estimate of drug-likeness (QED) is 0.652. The van der Waals surface area contributed by atoms with Crippen LogP contribution in [0.25, 0.3) is 0 Å². The Kier molecular flexibility index (Phi) is 4.28. The smallest absolute Gasteiger partial charge is 0.180 e. The number of rotatable bonds is 3. The van der Waals surface area contributed by atoms with Crippen LogP contribution < -0.4 is 5.32 Å². The van der Waals surface area contributed by atoms with Crippen molar-refractivity contribution in [2.75, 3.05) is 5.32 Å². The summed E-state index contributed by atoms with van der Waals surface area (Å²) in [7, 11) is 0. The van der Waals surface area contributed by atoms with Gasteiger partial charge in [0, 0.05) is 17.3 Å². The van der Waals surface area contributed by atoms with E-state index < -0.39 is 5.41 Å². The van der Waals surface area contributed by atoms with Gasteiger partial charge in [0.25, 0.3) is 0 Å². The summed E-state index contributed by atoms with van der Waals surface area (Å²) >= 11 is 0. The van der Waals surface area contributed by atoms with Gasteiger partial charge >= 0.3 is 0 Å². The summed E-state index contributed by atoms with van der Waals surface area (Å²) in [6, 6.07) is 9.68. The van der Waals surface area contributed by atoms with E-state index >= 15 is 0 Å². The van der Waals surface area contributed by atoms with Crippen LogP contribution in [-0.4, -0.2) is 5.78 Å². The third kappa shape index (κ3) is 3.74. The van der Waals surface area contributed by atoms with Crippen LogP contribution >= 0.6 is 0 Å². The molecule has 3 heteroatoms. The number of nitriles is 1. The Hall–Kier alpha value is -2.08. The number of ketones is 1. The summed E-state index contributed by atoms with van der Waals surface area (Å²) < 4.78 is 0. The summed E-state index contributed by atoms with van der Waals surface area (Å²) in [5.74, 6) is -0.162. The average Bonchev–Trinajstić information content (AvgIpc) is 2.31. The van der Waals surface area contributed by atoms with Gasteiger partial charge in [-0.1, -0.05) is 38.5 Å². The zero-order valence-corrected chi connectivity index (χ0v) is 11.2. The topological polar surface area (TPSA) is 52.9 Å². The number of hydrogen-bond donors (Lipinski definition) is 1. The van der Waals surface area contributed by atoms with Crippen LogP contribution in [0.1, 0.15) is 26.3 Å². The van der Waals surface area contributed by atoms with E-state index in [1.165, 1.54) is 6.20 Å². The summed E-state index contributed by atoms with van der Waals surface area (Å²) in [5, 5.41) is 12.0. The van der Waals surface area contributed by atoms with Gasteiger partial charge in [-0.25, -0.2) is 0 Å². The molecular formula is C15H18N2O. The number of nitrogens with zero attached hydrogens (tertiary/aromatic N) is 1. The summed E-state index contributed by atoms with van der Waals surface area (Å²) in [6.07, 6.45) is 1.47. The van der Waals surface area contributed by atoms with Crippen molar-refractivity contribution in [2.24, 2.45) is 5.41 Å². The molecule has 0 aliphatic heterocycles. The van der Waals surface area contributed by atoms with Crippen molar-refractivity contribution in [1.82, 2.24) is 0 Å². The van der Waals surface area contributed by atoms with Crippen molar-refractivity contribution >= 4 is 11.5 Å². The minimum atomic E-state index is -0.545. The molecule has 0 heterocycles. The number of aryl methyl sites for hydroxylation is 1. The molecule has 3 nitrogen and oxygen atoms in total. The predicted octanol–water partition coefficient (Wildman–Crippen LogP) is 3.43. The fourth-order valence-corrected chi connectivity index (χ4v) is 1.36. The number of anilines is 1. The van der Waals surface area contributed by atoms with Gasteiger partial charge in [-0.2, -0.15) is 5.26 Å². The SMILES string of the molecule is Cc1ccc(NC=C(C#N)C(=O)C(C)(C)C)cc1. The number of hydrogen-bond acceptors (Lipinski definition) is 3. The zero-order chi connectivity index (χ0) is 13.8. The first kappa shape index (κ1) is 14.0. The first-order chi connectivity index (χ1) is 8.34. The highest BCUT2D eigenvalue weighted by atomic mass is 16.1. The molecular weight excluding hydrogens is 224 g/mol. The van der Waals surface area contributed by atoms with E-state index in [9.17, 15) is 4.79 Å². The molecule has 0 saturated carbocycles. The molecule has 0 spiro atoms. The normalized spacial score (nSPS) is 11.8. The van der Waals surface area contributed by atoms with Crippen molar-refractivity contribution in [3.8, 4) is 6.07 Å². The molecule has 1 aromatic rings. The standard InChI is InChI=1S/C15H18N2O/c1-11-5-7-13(8-6-11)17-10-12(9-16)14(18)15(2,3)4/h5-8,10,17H,1-4H3. The number of carbonyl (C=O) groups excluding carboxylic acids is 1. The number of allylic oxidation sites excluding steroid dienone is 1. The molecule has 0 radical (unpaired) electrons. The van der Waals surface area contributed by atoms with Crippen LogP contribution in [0.4, 0.5) is 5.69 Å². The van der Waals surface area contributed by atoms with Gasteiger partial charge in [0.2, 0.25) is 0 Å². The molecule has 0 fully saturated rings. The van der Waals surface area contributed by atoms with E-state index in [1.807, 2.05) is 37.3 Å². The molecule has 1 rings (SSSR count). The van der Waals surface area contributed by atoms with E-state index in [4.69, 9.17) is 5.26 Å². The lowest BCUT2D eigenvalue weighted by Gasteiger charge is -2.15. The van der Waals surface area contributed by atoms with Crippen LogP contribution in [0.2, 0.25) is 0 Å². The van der Waals surface area contributed by atoms with Crippen molar-refractivity contribution < 1.29 is 4.79 Å². The number of carbonyl (C=O) groups is 1. The van der Waals surface area contributed by atoms with Crippen molar-refractivity contribution in [1.29, 1.82) is 5.26 Å². The molecule has 0 saturated heterocycles. The third-order valence-corrected chi connectivity index (χ3v) is 2.48. The highest BCUT2D eigenvalue weighted by molar-refractivity contribution is 6.02. The second-order valence-electron chi connectivity index (χ2n) is 5.26. The largest absolute Gasteiger partial charge is 0.360 e. The molecule has 1 aromatic carbocycles. The first-order valence-corrected chi connectivity index (χ1v) is 5.83. The summed E-state index contributed by atoms with van der Waals surface area (Å²) in [5.41, 5.74) is 1.62. The van der Waals surface area contributed by atoms with Crippen LogP contribution in [0.15, 0.2) is 36.0 Å². The Bertz CT molecular complexity index is 499. The van der Waals surface area contributed by atoms with Crippen molar-refractivity contribution in [3.63, 3.8) is 0 Å². The highest BCUT2D eigenvalue weighted by Crippen LogP contribution is 2.19. The van der Waals surface area contributed by atoms with Gasteiger partial charge in [-0.15, -0.1) is 0 Å². The predicted molar refractivity (Wildman–Crippen MR) is 73.0 cm³/mol. The molecule has 0 aromatic heterocycles. The van der Waals surface area contributed by atoms with E-state index in [-0.39, 0.29) is 11.4 Å². The lowest BCUT2D eigenvalue weighted by Crippen LogP contribution is -2.22. The third-order valence-electron chi connectivity index (χ3n) is 2.48. The molecule has 0 atom stereocenters. The number of Topliss-reactive ketones (excluding diaryl/α,β-unsaturated/α-hetero) is 1. The van der Waals surface area contributed by atoms with Crippen LogP contribution in [0.3, 0.4) is 0 Å². The molecule has 0 amide bonds. The Morgan fingerprint density at radius 3 is 2.28 bits per heavy atom. The minimum Gasteiger partial charge on any atom is -0.360 e. The minimum absolute atomic E-state index is 0.142. The van der Waals surface area contributed by atoms with Crippen LogP contribution in [0, 0.1) is 23.7 Å². The molecule has 0 bridgehead atoms. The van der Waals surface area contributed by atoms with Gasteiger partial charge in [0.1, 0.15) is 11.6 Å². The van der Waals surface area contributed by atoms with E-state index in [0.717, 1.165) is 11.3 Å². The first-order valence-electron chi connectivity index (χ1n) is 5.83. The van der Waals surface area contributed by atoms with E-state index in [0.29, 0.717) is 0 Å². The van der Waals surface area contributed by atoms with Gasteiger partial charge in [-0.05, 0) is 19.1 Å². The maximum Gasteiger partial charge on any atom is 0.180 e. The maximum absolute atomic E-state index is 11.9. The molecule has 0 unspecified atom stereocenters. The summed E-state index contributed by atoms with van der Waals surface area (Å²) in [6.45, 7) is 7.40. The van der Waals surface area contributed by atoms with Gasteiger partial charge in [0.15, 0.2) is 5.78 Å². The van der Waals surface area contributed by atoms with Gasteiger partial charge in [0.05, 0.1) is 0 Å². The average molecular weight is 242 g/mol. The Morgan fingerprint density at radius 1 is 1.28 bits per heavy atom. The van der Waals surface area contributed by atoms with E-state index in [2.05, 4.69) is 5.32 Å². The van der Waals surface area contributed by atoms with Crippen molar-refractivity contribution in [3.05, 3.63) is 41.6 Å². The van der Waals surface area contributed by atoms with Crippen molar-refractivity contribution in [2.45, 2.75) is 27.7 Å².